The Labute approximate surface area is 140 Å². The number of rotatable bonds is 3. The van der Waals surface area contributed by atoms with Crippen LogP contribution in [0.2, 0.25) is 0 Å². The molecule has 0 bridgehead atoms. The number of hydrogen-bond donors (Lipinski definition) is 1. The van der Waals surface area contributed by atoms with Crippen LogP contribution < -0.4 is 0 Å². The lowest BCUT2D eigenvalue weighted by Gasteiger charge is -2.39. The molecular formula is C17H22N2O5. The second kappa shape index (κ2) is 7.07. The van der Waals surface area contributed by atoms with E-state index in [1.807, 2.05) is 0 Å². The summed E-state index contributed by atoms with van der Waals surface area (Å²) in [6.45, 7) is 1.31. The van der Waals surface area contributed by atoms with E-state index < -0.39 is 17.9 Å². The van der Waals surface area contributed by atoms with Crippen molar-refractivity contribution in [2.24, 2.45) is 5.92 Å². The number of amides is 2. The first-order chi connectivity index (χ1) is 11.6. The van der Waals surface area contributed by atoms with Gasteiger partial charge in [0.05, 0.1) is 12.2 Å². The van der Waals surface area contributed by atoms with Crippen LogP contribution in [0.15, 0.2) is 22.8 Å². The predicted molar refractivity (Wildman–Crippen MR) is 84.3 cm³/mol. The lowest BCUT2D eigenvalue weighted by atomic mass is 9.95. The molecule has 2 aliphatic heterocycles. The summed E-state index contributed by atoms with van der Waals surface area (Å²) < 4.78 is 5.18. The minimum Gasteiger partial charge on any atom is -0.481 e. The zero-order valence-electron chi connectivity index (χ0n) is 13.5. The molecule has 3 heterocycles. The SMILES string of the molecule is O=C(O)[C@@H]1CCCN(C(=O)[C@@H]2CCCCN2C(=O)c2ccco2)C1. The van der Waals surface area contributed by atoms with Gasteiger partial charge in [-0.05, 0) is 44.2 Å². The summed E-state index contributed by atoms with van der Waals surface area (Å²) in [6, 6.07) is 2.72. The Kier molecular flexibility index (Phi) is 4.87. The molecule has 1 aromatic heterocycles. The Morgan fingerprint density at radius 3 is 2.67 bits per heavy atom. The summed E-state index contributed by atoms with van der Waals surface area (Å²) in [5.74, 6) is -1.55. The van der Waals surface area contributed by atoms with Crippen LogP contribution >= 0.6 is 0 Å². The van der Waals surface area contributed by atoms with Crippen LogP contribution in [-0.4, -0.2) is 58.4 Å². The number of carboxylic acids is 1. The Hall–Kier alpha value is -2.31. The molecule has 24 heavy (non-hydrogen) atoms. The van der Waals surface area contributed by atoms with Gasteiger partial charge in [0.1, 0.15) is 6.04 Å². The van der Waals surface area contributed by atoms with E-state index in [-0.39, 0.29) is 24.1 Å². The van der Waals surface area contributed by atoms with Crippen molar-refractivity contribution in [3.05, 3.63) is 24.2 Å². The van der Waals surface area contributed by atoms with Crippen molar-refractivity contribution in [1.82, 2.24) is 9.80 Å². The summed E-state index contributed by atoms with van der Waals surface area (Å²) >= 11 is 0. The van der Waals surface area contributed by atoms with E-state index >= 15 is 0 Å². The summed E-state index contributed by atoms with van der Waals surface area (Å²) in [6.07, 6.45) is 5.07. The van der Waals surface area contributed by atoms with Gasteiger partial charge in [0.15, 0.2) is 5.76 Å². The fourth-order valence-electron chi connectivity index (χ4n) is 3.56. The van der Waals surface area contributed by atoms with E-state index in [1.165, 1.54) is 6.26 Å². The number of likely N-dealkylation sites (tertiary alicyclic amines) is 2. The van der Waals surface area contributed by atoms with Gasteiger partial charge in [-0.15, -0.1) is 0 Å². The largest absolute Gasteiger partial charge is 0.481 e. The van der Waals surface area contributed by atoms with Crippen LogP contribution in [0.1, 0.15) is 42.7 Å². The molecular weight excluding hydrogens is 312 g/mol. The average molecular weight is 334 g/mol. The average Bonchev–Trinajstić information content (AvgIpc) is 3.15. The first kappa shape index (κ1) is 16.5. The normalized spacial score (nSPS) is 24.7. The highest BCUT2D eigenvalue weighted by Crippen LogP contribution is 2.24. The Bertz CT molecular complexity index is 613. The Morgan fingerprint density at radius 1 is 1.12 bits per heavy atom. The monoisotopic (exact) mass is 334 g/mol. The molecule has 2 aliphatic rings. The molecule has 3 rings (SSSR count). The second-order valence-electron chi connectivity index (χ2n) is 6.45. The number of aliphatic carboxylic acids is 1. The summed E-state index contributed by atoms with van der Waals surface area (Å²) in [7, 11) is 0. The molecule has 0 spiro atoms. The predicted octanol–water partition coefficient (Wildman–Crippen LogP) is 1.60. The van der Waals surface area contributed by atoms with E-state index in [4.69, 9.17) is 4.42 Å². The molecule has 0 unspecified atom stereocenters. The molecule has 0 aromatic carbocycles. The molecule has 2 atom stereocenters. The van der Waals surface area contributed by atoms with Crippen LogP contribution in [0.25, 0.3) is 0 Å². The van der Waals surface area contributed by atoms with Gasteiger partial charge in [0.2, 0.25) is 5.91 Å². The smallest absolute Gasteiger partial charge is 0.308 e. The molecule has 7 nitrogen and oxygen atoms in total. The molecule has 130 valence electrons. The third-order valence-corrected chi connectivity index (χ3v) is 4.86. The van der Waals surface area contributed by atoms with E-state index in [0.29, 0.717) is 32.4 Å². The molecule has 0 radical (unpaired) electrons. The van der Waals surface area contributed by atoms with Crippen LogP contribution in [0.5, 0.6) is 0 Å². The number of furan rings is 1. The highest BCUT2D eigenvalue weighted by molar-refractivity contribution is 5.95. The van der Waals surface area contributed by atoms with Crippen molar-refractivity contribution in [3.8, 4) is 0 Å². The van der Waals surface area contributed by atoms with Gasteiger partial charge in [-0.2, -0.15) is 0 Å². The summed E-state index contributed by atoms with van der Waals surface area (Å²) in [5, 5.41) is 9.20. The first-order valence-corrected chi connectivity index (χ1v) is 8.44. The van der Waals surface area contributed by atoms with Crippen molar-refractivity contribution >= 4 is 17.8 Å². The second-order valence-corrected chi connectivity index (χ2v) is 6.45. The van der Waals surface area contributed by atoms with E-state index in [0.717, 1.165) is 12.8 Å². The van der Waals surface area contributed by atoms with Crippen molar-refractivity contribution in [1.29, 1.82) is 0 Å². The van der Waals surface area contributed by atoms with Crippen molar-refractivity contribution in [2.75, 3.05) is 19.6 Å². The lowest BCUT2D eigenvalue weighted by molar-refractivity contribution is -0.147. The van der Waals surface area contributed by atoms with Crippen molar-refractivity contribution in [3.63, 3.8) is 0 Å². The maximum Gasteiger partial charge on any atom is 0.308 e. The zero-order chi connectivity index (χ0) is 17.1. The van der Waals surface area contributed by atoms with Gasteiger partial charge in [0.25, 0.3) is 5.91 Å². The number of hydrogen-bond acceptors (Lipinski definition) is 4. The number of carboxylic acid groups (broad SMARTS) is 1. The molecule has 2 amide bonds. The quantitative estimate of drug-likeness (QED) is 0.906. The van der Waals surface area contributed by atoms with E-state index in [1.54, 1.807) is 21.9 Å². The highest BCUT2D eigenvalue weighted by Gasteiger charge is 2.38. The number of carbonyl (C=O) groups excluding carboxylic acids is 2. The van der Waals surface area contributed by atoms with Gasteiger partial charge in [-0.3, -0.25) is 14.4 Å². The number of piperidine rings is 2. The summed E-state index contributed by atoms with van der Waals surface area (Å²) in [5.41, 5.74) is 0. The number of carbonyl (C=O) groups is 3. The van der Waals surface area contributed by atoms with Gasteiger partial charge < -0.3 is 19.3 Å². The van der Waals surface area contributed by atoms with Crippen LogP contribution in [0, 0.1) is 5.92 Å². The van der Waals surface area contributed by atoms with Gasteiger partial charge in [0, 0.05) is 19.6 Å². The molecule has 0 saturated carbocycles. The van der Waals surface area contributed by atoms with Crippen molar-refractivity contribution < 1.29 is 23.9 Å². The molecule has 1 N–H and O–H groups in total. The standard InChI is InChI=1S/C17H22N2O5/c20-15(18-8-3-5-12(11-18)17(22)23)13-6-1-2-9-19(13)16(21)14-7-4-10-24-14/h4,7,10,12-13H,1-3,5-6,8-9,11H2,(H,22,23)/t12-,13+/m1/s1. The molecule has 0 aliphatic carbocycles. The summed E-state index contributed by atoms with van der Waals surface area (Å²) in [4.78, 5) is 39.9. The van der Waals surface area contributed by atoms with E-state index in [2.05, 4.69) is 0 Å². The van der Waals surface area contributed by atoms with E-state index in [9.17, 15) is 19.5 Å². The lowest BCUT2D eigenvalue weighted by Crippen LogP contribution is -2.55. The Morgan fingerprint density at radius 2 is 1.96 bits per heavy atom. The Balaban J connectivity index is 1.74. The third-order valence-electron chi connectivity index (χ3n) is 4.86. The van der Waals surface area contributed by atoms with Gasteiger partial charge in [-0.1, -0.05) is 0 Å². The molecule has 1 aromatic rings. The van der Waals surface area contributed by atoms with Crippen LogP contribution in [-0.2, 0) is 9.59 Å². The van der Waals surface area contributed by atoms with Crippen LogP contribution in [0.3, 0.4) is 0 Å². The highest BCUT2D eigenvalue weighted by atomic mass is 16.4. The number of nitrogens with zero attached hydrogens (tertiary/aromatic N) is 2. The van der Waals surface area contributed by atoms with Gasteiger partial charge >= 0.3 is 5.97 Å². The molecule has 2 saturated heterocycles. The molecule has 2 fully saturated rings. The maximum absolute atomic E-state index is 12.9. The maximum atomic E-state index is 12.9. The topological polar surface area (TPSA) is 91.1 Å². The zero-order valence-corrected chi connectivity index (χ0v) is 13.5. The van der Waals surface area contributed by atoms with Crippen molar-refractivity contribution in [2.45, 2.75) is 38.1 Å². The minimum absolute atomic E-state index is 0.138. The van der Waals surface area contributed by atoms with Crippen LogP contribution in [0.4, 0.5) is 0 Å². The fraction of sp³-hybridized carbons (Fsp3) is 0.588. The fourth-order valence-corrected chi connectivity index (χ4v) is 3.56. The molecule has 7 heteroatoms. The van der Waals surface area contributed by atoms with Gasteiger partial charge in [-0.25, -0.2) is 0 Å². The minimum atomic E-state index is -0.861. The third kappa shape index (κ3) is 3.29. The first-order valence-electron chi connectivity index (χ1n) is 8.44.